The van der Waals surface area contributed by atoms with Gasteiger partial charge in [-0.05, 0) is 49.2 Å². The van der Waals surface area contributed by atoms with E-state index in [1.807, 2.05) is 0 Å². The van der Waals surface area contributed by atoms with Gasteiger partial charge in [0.05, 0.1) is 17.1 Å². The van der Waals surface area contributed by atoms with E-state index in [2.05, 4.69) is 5.32 Å². The Balaban J connectivity index is 1.34. The van der Waals surface area contributed by atoms with Crippen LogP contribution in [0.4, 0.5) is 5.69 Å². The summed E-state index contributed by atoms with van der Waals surface area (Å²) in [5.74, 6) is -0.767. The van der Waals surface area contributed by atoms with Crippen LogP contribution < -0.4 is 10.1 Å². The van der Waals surface area contributed by atoms with Gasteiger partial charge in [-0.1, -0.05) is 24.3 Å². The maximum absolute atomic E-state index is 12.7. The third-order valence-electron chi connectivity index (χ3n) is 5.22. The maximum Gasteiger partial charge on any atom is 0.314 e. The molecule has 1 aliphatic rings. The third kappa shape index (κ3) is 4.90. The molecule has 0 saturated carbocycles. The molecule has 1 aromatic heterocycles. The van der Waals surface area contributed by atoms with E-state index in [0.29, 0.717) is 24.3 Å². The molecule has 3 aromatic rings. The van der Waals surface area contributed by atoms with E-state index in [9.17, 15) is 18.0 Å². The van der Waals surface area contributed by atoms with Gasteiger partial charge in [0, 0.05) is 24.8 Å². The summed E-state index contributed by atoms with van der Waals surface area (Å²) in [7, 11) is -3.57. The van der Waals surface area contributed by atoms with E-state index in [1.165, 1.54) is 10.6 Å². The number of ether oxygens (including phenoxy) is 1. The highest BCUT2D eigenvalue weighted by Gasteiger charge is 2.33. The molecule has 1 amide bonds. The smallest absolute Gasteiger partial charge is 0.314 e. The Bertz CT molecular complexity index is 1180. The fourth-order valence-electron chi connectivity index (χ4n) is 3.51. The highest BCUT2D eigenvalue weighted by atomic mass is 32.2. The predicted molar refractivity (Wildman–Crippen MR) is 117 cm³/mol. The summed E-state index contributed by atoms with van der Waals surface area (Å²) in [5.41, 5.74) is 0.459. The van der Waals surface area contributed by atoms with Crippen molar-refractivity contribution in [3.63, 3.8) is 0 Å². The predicted octanol–water partition coefficient (Wildman–Crippen LogP) is 3.54. The number of amides is 1. The van der Waals surface area contributed by atoms with Crippen LogP contribution in [-0.2, 0) is 14.8 Å². The molecule has 0 radical (unpaired) electrons. The molecule has 0 spiro atoms. The minimum absolute atomic E-state index is 0.171. The van der Waals surface area contributed by atoms with Gasteiger partial charge in [-0.15, -0.1) is 0 Å². The van der Waals surface area contributed by atoms with Gasteiger partial charge >= 0.3 is 5.97 Å². The van der Waals surface area contributed by atoms with E-state index >= 15 is 0 Å². The van der Waals surface area contributed by atoms with Gasteiger partial charge in [-0.3, -0.25) is 9.59 Å². The van der Waals surface area contributed by atoms with Crippen molar-refractivity contribution in [2.75, 3.05) is 18.4 Å². The number of sulfonamides is 1. The maximum atomic E-state index is 12.7. The standard InChI is InChI=1S/C23H22N2O6S/c26-22(21-10-5-15-30-21)24-18-6-4-7-19(16-18)31-23(27)17-11-13-25(14-12-17)32(28,29)20-8-2-1-3-9-20/h1-10,15-17H,11-14H2,(H,24,26). The molecule has 1 N–H and O–H groups in total. The van der Waals surface area contributed by atoms with E-state index in [1.54, 1.807) is 66.7 Å². The van der Waals surface area contributed by atoms with Gasteiger partial charge in [0.2, 0.25) is 10.0 Å². The highest BCUT2D eigenvalue weighted by Crippen LogP contribution is 2.26. The first kappa shape index (κ1) is 21.8. The summed E-state index contributed by atoms with van der Waals surface area (Å²) in [6.45, 7) is 0.493. The number of hydrogen-bond donors (Lipinski definition) is 1. The number of benzene rings is 2. The van der Waals surface area contributed by atoms with Crippen LogP contribution in [0.1, 0.15) is 23.4 Å². The summed E-state index contributed by atoms with van der Waals surface area (Å²) in [4.78, 5) is 25.0. The fraction of sp³-hybridized carbons (Fsp3) is 0.217. The van der Waals surface area contributed by atoms with Gasteiger partial charge in [0.1, 0.15) is 5.75 Å². The van der Waals surface area contributed by atoms with Gasteiger partial charge in [0.25, 0.3) is 5.91 Å². The van der Waals surface area contributed by atoms with Crippen LogP contribution >= 0.6 is 0 Å². The zero-order chi connectivity index (χ0) is 22.6. The molecule has 1 fully saturated rings. The number of nitrogens with one attached hydrogen (secondary N) is 1. The molecule has 2 heterocycles. The minimum atomic E-state index is -3.57. The van der Waals surface area contributed by atoms with Crippen LogP contribution in [0, 0.1) is 5.92 Å². The Morgan fingerprint density at radius 2 is 1.72 bits per heavy atom. The Labute approximate surface area is 185 Å². The molecule has 1 aliphatic heterocycles. The van der Waals surface area contributed by atoms with Crippen molar-refractivity contribution in [1.29, 1.82) is 0 Å². The molecule has 9 heteroatoms. The molecule has 2 aromatic carbocycles. The molecule has 0 atom stereocenters. The van der Waals surface area contributed by atoms with Crippen molar-refractivity contribution in [2.24, 2.45) is 5.92 Å². The zero-order valence-corrected chi connectivity index (χ0v) is 18.0. The Kier molecular flexibility index (Phi) is 6.38. The number of hydrogen-bond acceptors (Lipinski definition) is 6. The lowest BCUT2D eigenvalue weighted by molar-refractivity contribution is -0.140. The molecule has 0 unspecified atom stereocenters. The lowest BCUT2D eigenvalue weighted by Crippen LogP contribution is -2.41. The molecular weight excluding hydrogens is 432 g/mol. The average Bonchev–Trinajstić information content (AvgIpc) is 3.35. The van der Waals surface area contributed by atoms with Gasteiger partial charge in [-0.25, -0.2) is 8.42 Å². The van der Waals surface area contributed by atoms with Crippen LogP contribution in [0.3, 0.4) is 0 Å². The number of anilines is 1. The van der Waals surface area contributed by atoms with E-state index in [0.717, 1.165) is 0 Å². The van der Waals surface area contributed by atoms with Crippen LogP contribution in [0.2, 0.25) is 0 Å². The molecule has 0 aliphatic carbocycles. The fourth-order valence-corrected chi connectivity index (χ4v) is 5.00. The number of rotatable bonds is 6. The van der Waals surface area contributed by atoms with E-state index in [-0.39, 0.29) is 23.7 Å². The molecule has 0 bridgehead atoms. The normalized spacial score (nSPS) is 15.2. The Hall–Kier alpha value is -3.43. The SMILES string of the molecule is O=C(Nc1cccc(OC(=O)C2CCN(S(=O)(=O)c3ccccc3)CC2)c1)c1ccco1. The summed E-state index contributed by atoms with van der Waals surface area (Å²) < 4.78 is 37.4. The first-order valence-corrected chi connectivity index (χ1v) is 11.6. The summed E-state index contributed by atoms with van der Waals surface area (Å²) in [6.07, 6.45) is 2.16. The lowest BCUT2D eigenvalue weighted by atomic mass is 9.98. The van der Waals surface area contributed by atoms with Crippen molar-refractivity contribution in [2.45, 2.75) is 17.7 Å². The van der Waals surface area contributed by atoms with Crippen LogP contribution in [0.5, 0.6) is 5.75 Å². The van der Waals surface area contributed by atoms with E-state index in [4.69, 9.17) is 9.15 Å². The number of nitrogens with zero attached hydrogens (tertiary/aromatic N) is 1. The number of carbonyl (C=O) groups excluding carboxylic acids is 2. The third-order valence-corrected chi connectivity index (χ3v) is 7.14. The second-order valence-corrected chi connectivity index (χ2v) is 9.31. The zero-order valence-electron chi connectivity index (χ0n) is 17.1. The average molecular weight is 455 g/mol. The molecule has 1 saturated heterocycles. The largest absolute Gasteiger partial charge is 0.459 e. The van der Waals surface area contributed by atoms with Crippen molar-refractivity contribution in [1.82, 2.24) is 4.31 Å². The Morgan fingerprint density at radius 1 is 0.969 bits per heavy atom. The van der Waals surface area contributed by atoms with E-state index < -0.39 is 27.8 Å². The lowest BCUT2D eigenvalue weighted by Gasteiger charge is -2.30. The first-order chi connectivity index (χ1) is 15.4. The molecule has 32 heavy (non-hydrogen) atoms. The van der Waals surface area contributed by atoms with Gasteiger partial charge in [-0.2, -0.15) is 4.31 Å². The monoisotopic (exact) mass is 454 g/mol. The van der Waals surface area contributed by atoms with Gasteiger partial charge < -0.3 is 14.5 Å². The minimum Gasteiger partial charge on any atom is -0.459 e. The molecule has 166 valence electrons. The number of esters is 1. The second-order valence-electron chi connectivity index (χ2n) is 7.37. The van der Waals surface area contributed by atoms with Crippen LogP contribution in [0.25, 0.3) is 0 Å². The quantitative estimate of drug-likeness (QED) is 0.451. The van der Waals surface area contributed by atoms with Crippen LogP contribution in [0.15, 0.2) is 82.3 Å². The van der Waals surface area contributed by atoms with Crippen LogP contribution in [-0.4, -0.2) is 37.7 Å². The number of furan rings is 1. The summed E-state index contributed by atoms with van der Waals surface area (Å²) >= 11 is 0. The molecule has 4 rings (SSSR count). The first-order valence-electron chi connectivity index (χ1n) is 10.2. The summed E-state index contributed by atoms with van der Waals surface area (Å²) in [5, 5.41) is 2.68. The molecule has 8 nitrogen and oxygen atoms in total. The topological polar surface area (TPSA) is 106 Å². The summed E-state index contributed by atoms with van der Waals surface area (Å²) in [6, 6.07) is 17.9. The van der Waals surface area contributed by atoms with Crippen molar-refractivity contribution in [3.05, 3.63) is 78.8 Å². The van der Waals surface area contributed by atoms with Crippen molar-refractivity contribution in [3.8, 4) is 5.75 Å². The number of piperidine rings is 1. The number of carbonyl (C=O) groups is 2. The second kappa shape index (κ2) is 9.37. The van der Waals surface area contributed by atoms with Crippen molar-refractivity contribution < 1.29 is 27.2 Å². The van der Waals surface area contributed by atoms with Gasteiger partial charge in [0.15, 0.2) is 5.76 Å². The Morgan fingerprint density at radius 3 is 2.41 bits per heavy atom. The van der Waals surface area contributed by atoms with Crippen molar-refractivity contribution >= 4 is 27.6 Å². The molecular formula is C23H22N2O6S. The highest BCUT2D eigenvalue weighted by molar-refractivity contribution is 7.89.